The Balaban J connectivity index is 0.990. The van der Waals surface area contributed by atoms with Crippen LogP contribution >= 0.6 is 0 Å². The molecule has 0 amide bonds. The molecular formula is C65H42N2. The van der Waals surface area contributed by atoms with E-state index in [-0.39, 0.29) is 0 Å². The molecule has 0 N–H and O–H groups in total. The molecule has 0 fully saturated rings. The van der Waals surface area contributed by atoms with Crippen LogP contribution in [0.1, 0.15) is 22.3 Å². The van der Waals surface area contributed by atoms with Crippen molar-refractivity contribution >= 4 is 32.3 Å². The van der Waals surface area contributed by atoms with Crippen molar-refractivity contribution in [2.45, 2.75) is 5.41 Å². The van der Waals surface area contributed by atoms with Crippen molar-refractivity contribution < 1.29 is 0 Å². The van der Waals surface area contributed by atoms with E-state index in [0.29, 0.717) is 5.82 Å². The highest BCUT2D eigenvalue weighted by atomic mass is 14.9. The van der Waals surface area contributed by atoms with E-state index in [1.165, 1.54) is 82.4 Å². The molecule has 1 heterocycles. The second-order valence-electron chi connectivity index (χ2n) is 17.6. The normalized spacial score (nSPS) is 12.6. The third-order valence-electron chi connectivity index (χ3n) is 13.9. The first kappa shape index (κ1) is 38.7. The molecule has 2 heteroatoms. The molecule has 1 aliphatic carbocycles. The molecule has 0 unspecified atom stereocenters. The van der Waals surface area contributed by atoms with Gasteiger partial charge in [0, 0.05) is 16.7 Å². The highest BCUT2D eigenvalue weighted by molar-refractivity contribution is 6.29. The van der Waals surface area contributed by atoms with Gasteiger partial charge in [0.05, 0.1) is 16.8 Å². The van der Waals surface area contributed by atoms with Crippen LogP contribution in [0.4, 0.5) is 0 Å². The largest absolute Gasteiger partial charge is 0.228 e. The van der Waals surface area contributed by atoms with Crippen molar-refractivity contribution in [2.24, 2.45) is 0 Å². The summed E-state index contributed by atoms with van der Waals surface area (Å²) in [6.45, 7) is 0. The Bertz CT molecular complexity index is 3740. The first-order valence-electron chi connectivity index (χ1n) is 23.1. The molecule has 0 saturated heterocycles. The monoisotopic (exact) mass is 850 g/mol. The van der Waals surface area contributed by atoms with Gasteiger partial charge in [-0.15, -0.1) is 0 Å². The molecule has 0 radical (unpaired) electrons. The van der Waals surface area contributed by atoms with Crippen LogP contribution in [0.25, 0.3) is 99.6 Å². The first-order valence-corrected chi connectivity index (χ1v) is 23.1. The molecule has 12 aromatic rings. The molecule has 11 aromatic carbocycles. The molecule has 1 aromatic heterocycles. The van der Waals surface area contributed by atoms with Crippen molar-refractivity contribution in [3.05, 3.63) is 277 Å². The maximum Gasteiger partial charge on any atom is 0.160 e. The fraction of sp³-hybridized carbons (Fsp3) is 0.0154. The fourth-order valence-corrected chi connectivity index (χ4v) is 11.0. The van der Waals surface area contributed by atoms with Gasteiger partial charge in [0.1, 0.15) is 0 Å². The average molecular weight is 851 g/mol. The second-order valence-corrected chi connectivity index (χ2v) is 17.6. The van der Waals surface area contributed by atoms with E-state index >= 15 is 0 Å². The molecule has 67 heavy (non-hydrogen) atoms. The summed E-state index contributed by atoms with van der Waals surface area (Å²) in [4.78, 5) is 10.3. The quantitative estimate of drug-likeness (QED) is 0.149. The van der Waals surface area contributed by atoms with Gasteiger partial charge in [-0.1, -0.05) is 231 Å². The van der Waals surface area contributed by atoms with Gasteiger partial charge in [-0.05, 0) is 112 Å². The number of nitrogens with zero attached hydrogens (tertiary/aromatic N) is 2. The van der Waals surface area contributed by atoms with Crippen molar-refractivity contribution in [3.8, 4) is 67.3 Å². The number of hydrogen-bond donors (Lipinski definition) is 0. The van der Waals surface area contributed by atoms with E-state index < -0.39 is 5.41 Å². The number of aromatic nitrogens is 2. The summed E-state index contributed by atoms with van der Waals surface area (Å²) >= 11 is 0. The van der Waals surface area contributed by atoms with Gasteiger partial charge in [-0.25, -0.2) is 9.97 Å². The Morgan fingerprint density at radius 1 is 0.254 bits per heavy atom. The maximum atomic E-state index is 5.19. The topological polar surface area (TPSA) is 25.8 Å². The zero-order valence-electron chi connectivity index (χ0n) is 36.6. The standard InChI is InChI=1S/C65H42N2/c1-5-19-43(20-6-1)61-42-62(67-64(66-61)44-21-7-2-8-22-44)48-24-17-23-47(39-48)51-32-18-33-56-52-29-13-14-30-53(52)58-40-45(36-38-57(58)63(51)56)46-35-37-55-54-31-15-16-34-59(54)65(60(55)41-46,49-25-9-3-10-26-49)50-27-11-4-12-28-50/h1-42H. The third-order valence-corrected chi connectivity index (χ3v) is 13.9. The molecule has 0 bridgehead atoms. The van der Waals surface area contributed by atoms with E-state index in [9.17, 15) is 0 Å². The van der Waals surface area contributed by atoms with Crippen LogP contribution in [0.5, 0.6) is 0 Å². The summed E-state index contributed by atoms with van der Waals surface area (Å²) in [5.74, 6) is 0.708. The summed E-state index contributed by atoms with van der Waals surface area (Å²) in [5, 5.41) is 7.44. The molecule has 1 aliphatic rings. The Kier molecular flexibility index (Phi) is 9.11. The number of benzene rings is 11. The molecule has 0 saturated carbocycles. The van der Waals surface area contributed by atoms with Gasteiger partial charge in [-0.3, -0.25) is 0 Å². The third kappa shape index (κ3) is 6.26. The predicted octanol–water partition coefficient (Wildman–Crippen LogP) is 16.6. The number of fused-ring (bicyclic) bond motifs is 9. The summed E-state index contributed by atoms with van der Waals surface area (Å²) in [6, 6.07) is 92.7. The Morgan fingerprint density at radius 2 is 0.746 bits per heavy atom. The molecular weight excluding hydrogens is 809 g/mol. The van der Waals surface area contributed by atoms with Crippen LogP contribution in [0.3, 0.4) is 0 Å². The van der Waals surface area contributed by atoms with E-state index in [4.69, 9.17) is 9.97 Å². The van der Waals surface area contributed by atoms with Gasteiger partial charge in [0.25, 0.3) is 0 Å². The molecule has 13 rings (SSSR count). The Labute approximate surface area is 390 Å². The summed E-state index contributed by atoms with van der Waals surface area (Å²) < 4.78 is 0. The zero-order valence-corrected chi connectivity index (χ0v) is 36.6. The van der Waals surface area contributed by atoms with Crippen LogP contribution in [-0.2, 0) is 5.41 Å². The average Bonchev–Trinajstić information content (AvgIpc) is 3.72. The molecule has 2 nitrogen and oxygen atoms in total. The lowest BCUT2D eigenvalue weighted by molar-refractivity contribution is 0.769. The molecule has 0 aliphatic heterocycles. The number of hydrogen-bond acceptors (Lipinski definition) is 2. The summed E-state index contributed by atoms with van der Waals surface area (Å²) in [7, 11) is 0. The van der Waals surface area contributed by atoms with E-state index in [1.54, 1.807) is 0 Å². The molecule has 0 atom stereocenters. The Morgan fingerprint density at radius 3 is 1.48 bits per heavy atom. The fourth-order valence-electron chi connectivity index (χ4n) is 11.0. The predicted molar refractivity (Wildman–Crippen MR) is 279 cm³/mol. The second kappa shape index (κ2) is 15.8. The van der Waals surface area contributed by atoms with Crippen molar-refractivity contribution in [2.75, 3.05) is 0 Å². The lowest BCUT2D eigenvalue weighted by Gasteiger charge is -2.34. The van der Waals surface area contributed by atoms with Crippen molar-refractivity contribution in [1.82, 2.24) is 9.97 Å². The molecule has 0 spiro atoms. The van der Waals surface area contributed by atoms with Crippen LogP contribution in [-0.4, -0.2) is 9.97 Å². The van der Waals surface area contributed by atoms with Crippen LogP contribution in [0.15, 0.2) is 255 Å². The van der Waals surface area contributed by atoms with Gasteiger partial charge < -0.3 is 0 Å². The van der Waals surface area contributed by atoms with Crippen LogP contribution < -0.4 is 0 Å². The minimum absolute atomic E-state index is 0.467. The summed E-state index contributed by atoms with van der Waals surface area (Å²) in [6.07, 6.45) is 0. The zero-order chi connectivity index (χ0) is 44.3. The van der Waals surface area contributed by atoms with Gasteiger partial charge in [0.15, 0.2) is 5.82 Å². The molecule has 312 valence electrons. The number of rotatable bonds is 7. The van der Waals surface area contributed by atoms with Gasteiger partial charge in [-0.2, -0.15) is 0 Å². The maximum absolute atomic E-state index is 5.19. The summed E-state index contributed by atoms with van der Waals surface area (Å²) in [5.41, 5.74) is 16.9. The first-order chi connectivity index (χ1) is 33.2. The van der Waals surface area contributed by atoms with E-state index in [1.807, 2.05) is 24.3 Å². The minimum atomic E-state index is -0.467. The Hall–Kier alpha value is -8.72. The van der Waals surface area contributed by atoms with Crippen molar-refractivity contribution in [1.29, 1.82) is 0 Å². The van der Waals surface area contributed by atoms with E-state index in [2.05, 4.69) is 231 Å². The van der Waals surface area contributed by atoms with Crippen molar-refractivity contribution in [3.63, 3.8) is 0 Å². The van der Waals surface area contributed by atoms with Crippen LogP contribution in [0.2, 0.25) is 0 Å². The van der Waals surface area contributed by atoms with E-state index in [0.717, 1.165) is 33.6 Å². The van der Waals surface area contributed by atoms with Gasteiger partial charge in [0.2, 0.25) is 0 Å². The minimum Gasteiger partial charge on any atom is -0.228 e. The van der Waals surface area contributed by atoms with Gasteiger partial charge >= 0.3 is 0 Å². The smallest absolute Gasteiger partial charge is 0.160 e. The highest BCUT2D eigenvalue weighted by Crippen LogP contribution is 2.57. The highest BCUT2D eigenvalue weighted by Gasteiger charge is 2.46. The van der Waals surface area contributed by atoms with Crippen LogP contribution in [0, 0.1) is 0 Å². The lowest BCUT2D eigenvalue weighted by atomic mass is 9.67. The lowest BCUT2D eigenvalue weighted by Crippen LogP contribution is -2.28. The SMILES string of the molecule is c1ccc(-c2cc(-c3cccc(-c4cccc5c6ccccc6c6cc(-c7ccc8c(c7)C(c7ccccc7)(c7ccccc7)c7ccccc7-8)ccc6c45)c3)nc(-c3ccccc3)n2)cc1.